The minimum atomic E-state index is 0.0602. The molecule has 3 rings (SSSR count). The highest BCUT2D eigenvalue weighted by atomic mass is 16.5. The molecule has 1 N–H and O–H groups in total. The molecule has 0 amide bonds. The summed E-state index contributed by atoms with van der Waals surface area (Å²) in [5, 5.41) is 3.62. The van der Waals surface area contributed by atoms with Crippen LogP contribution >= 0.6 is 0 Å². The maximum atomic E-state index is 6.42. The first-order valence-corrected chi connectivity index (χ1v) is 7.95. The molecule has 1 saturated carbocycles. The van der Waals surface area contributed by atoms with Crippen molar-refractivity contribution in [2.24, 2.45) is 0 Å². The molecule has 2 aliphatic rings. The van der Waals surface area contributed by atoms with Gasteiger partial charge in [0.15, 0.2) is 0 Å². The van der Waals surface area contributed by atoms with E-state index < -0.39 is 0 Å². The average molecular weight is 275 g/mol. The highest BCUT2D eigenvalue weighted by Gasteiger charge is 2.42. The van der Waals surface area contributed by atoms with Gasteiger partial charge >= 0.3 is 0 Å². The molecule has 1 atom stereocenters. The number of benzene rings is 1. The number of hydrogen-bond acceptors (Lipinski definition) is 3. The number of hydrogen-bond donors (Lipinski definition) is 1. The summed E-state index contributed by atoms with van der Waals surface area (Å²) in [6, 6.07) is 6.71. The predicted octanol–water partition coefficient (Wildman–Crippen LogP) is 3.83. The highest BCUT2D eigenvalue weighted by Crippen LogP contribution is 2.47. The SMILES string of the molecule is CCNC1CC2(CCCC2)Oc2cc(OCC)ccc21. The number of fused-ring (bicyclic) bond motifs is 1. The summed E-state index contributed by atoms with van der Waals surface area (Å²) >= 11 is 0. The Bertz CT molecular complexity index is 466. The zero-order valence-corrected chi connectivity index (χ0v) is 12.6. The van der Waals surface area contributed by atoms with Crippen molar-refractivity contribution in [3.8, 4) is 11.5 Å². The normalized spacial score (nSPS) is 23.4. The van der Waals surface area contributed by atoms with Crippen molar-refractivity contribution in [3.05, 3.63) is 23.8 Å². The van der Waals surface area contributed by atoms with Crippen molar-refractivity contribution in [2.45, 2.75) is 57.6 Å². The van der Waals surface area contributed by atoms with Gasteiger partial charge in [0.1, 0.15) is 17.1 Å². The van der Waals surface area contributed by atoms with Crippen molar-refractivity contribution in [2.75, 3.05) is 13.2 Å². The first-order valence-electron chi connectivity index (χ1n) is 7.95. The molecule has 1 fully saturated rings. The Kier molecular flexibility index (Phi) is 3.88. The molecular formula is C17H25NO2. The molecule has 1 aromatic carbocycles. The Morgan fingerprint density at radius 2 is 2.10 bits per heavy atom. The van der Waals surface area contributed by atoms with Crippen LogP contribution in [0.25, 0.3) is 0 Å². The first-order chi connectivity index (χ1) is 9.76. The zero-order chi connectivity index (χ0) is 14.0. The van der Waals surface area contributed by atoms with E-state index in [1.807, 2.05) is 6.92 Å². The average Bonchev–Trinajstić information content (AvgIpc) is 2.87. The van der Waals surface area contributed by atoms with E-state index in [4.69, 9.17) is 9.47 Å². The van der Waals surface area contributed by atoms with E-state index in [1.165, 1.54) is 31.2 Å². The van der Waals surface area contributed by atoms with E-state index in [0.717, 1.165) is 24.5 Å². The third-order valence-corrected chi connectivity index (χ3v) is 4.54. The quantitative estimate of drug-likeness (QED) is 0.906. The summed E-state index contributed by atoms with van der Waals surface area (Å²) < 4.78 is 12.0. The maximum Gasteiger partial charge on any atom is 0.128 e. The molecule has 1 aliphatic carbocycles. The Labute approximate surface area is 121 Å². The lowest BCUT2D eigenvalue weighted by Gasteiger charge is -2.40. The molecule has 1 aromatic rings. The second kappa shape index (κ2) is 5.65. The largest absolute Gasteiger partial charge is 0.494 e. The number of ether oxygens (including phenoxy) is 2. The monoisotopic (exact) mass is 275 g/mol. The predicted molar refractivity (Wildman–Crippen MR) is 80.5 cm³/mol. The van der Waals surface area contributed by atoms with E-state index in [-0.39, 0.29) is 5.60 Å². The van der Waals surface area contributed by atoms with Gasteiger partial charge < -0.3 is 14.8 Å². The van der Waals surface area contributed by atoms with Crippen molar-refractivity contribution < 1.29 is 9.47 Å². The fraction of sp³-hybridized carbons (Fsp3) is 0.647. The smallest absolute Gasteiger partial charge is 0.128 e. The molecule has 1 spiro atoms. The van der Waals surface area contributed by atoms with Gasteiger partial charge in [0.2, 0.25) is 0 Å². The Balaban J connectivity index is 1.93. The van der Waals surface area contributed by atoms with Crippen molar-refractivity contribution >= 4 is 0 Å². The molecule has 20 heavy (non-hydrogen) atoms. The summed E-state index contributed by atoms with van der Waals surface area (Å²) in [4.78, 5) is 0. The lowest BCUT2D eigenvalue weighted by molar-refractivity contribution is 0.0367. The summed E-state index contributed by atoms with van der Waals surface area (Å²) in [6.07, 6.45) is 6.06. The minimum Gasteiger partial charge on any atom is -0.494 e. The molecule has 3 heteroatoms. The van der Waals surface area contributed by atoms with Gasteiger partial charge in [-0.1, -0.05) is 13.0 Å². The second-order valence-corrected chi connectivity index (χ2v) is 5.94. The first kappa shape index (κ1) is 13.7. The van der Waals surface area contributed by atoms with Gasteiger partial charge in [-0.3, -0.25) is 0 Å². The summed E-state index contributed by atoms with van der Waals surface area (Å²) in [7, 11) is 0. The van der Waals surface area contributed by atoms with Gasteiger partial charge in [0.05, 0.1) is 6.61 Å². The summed E-state index contributed by atoms with van der Waals surface area (Å²) in [5.74, 6) is 1.94. The summed E-state index contributed by atoms with van der Waals surface area (Å²) in [5.41, 5.74) is 1.35. The molecule has 1 aliphatic heterocycles. The van der Waals surface area contributed by atoms with Crippen LogP contribution in [-0.2, 0) is 0 Å². The van der Waals surface area contributed by atoms with Crippen LogP contribution in [0.2, 0.25) is 0 Å². The molecule has 1 heterocycles. The molecule has 3 nitrogen and oxygen atoms in total. The lowest BCUT2D eigenvalue weighted by Crippen LogP contribution is -2.42. The van der Waals surface area contributed by atoms with Gasteiger partial charge in [0, 0.05) is 24.1 Å². The Hall–Kier alpha value is -1.22. The van der Waals surface area contributed by atoms with E-state index in [2.05, 4.69) is 30.4 Å². The second-order valence-electron chi connectivity index (χ2n) is 5.94. The summed E-state index contributed by atoms with van der Waals surface area (Å²) in [6.45, 7) is 5.87. The Morgan fingerprint density at radius 3 is 2.80 bits per heavy atom. The number of rotatable bonds is 4. The van der Waals surface area contributed by atoms with E-state index in [1.54, 1.807) is 0 Å². The molecule has 1 unspecified atom stereocenters. The van der Waals surface area contributed by atoms with Gasteiger partial charge in [-0.2, -0.15) is 0 Å². The lowest BCUT2D eigenvalue weighted by atomic mass is 9.86. The number of nitrogens with one attached hydrogen (secondary N) is 1. The van der Waals surface area contributed by atoms with E-state index >= 15 is 0 Å². The third kappa shape index (κ3) is 2.51. The minimum absolute atomic E-state index is 0.0602. The van der Waals surface area contributed by atoms with Gasteiger partial charge in [0.25, 0.3) is 0 Å². The van der Waals surface area contributed by atoms with Crippen molar-refractivity contribution in [1.29, 1.82) is 0 Å². The van der Waals surface area contributed by atoms with Crippen LogP contribution < -0.4 is 14.8 Å². The van der Waals surface area contributed by atoms with Gasteiger partial charge in [-0.25, -0.2) is 0 Å². The van der Waals surface area contributed by atoms with Crippen LogP contribution in [0.3, 0.4) is 0 Å². The zero-order valence-electron chi connectivity index (χ0n) is 12.6. The fourth-order valence-electron chi connectivity index (χ4n) is 3.66. The van der Waals surface area contributed by atoms with Gasteiger partial charge in [-0.15, -0.1) is 0 Å². The molecule has 0 bridgehead atoms. The molecule has 0 saturated heterocycles. The van der Waals surface area contributed by atoms with Crippen molar-refractivity contribution in [1.82, 2.24) is 5.32 Å². The van der Waals surface area contributed by atoms with E-state index in [0.29, 0.717) is 12.6 Å². The Morgan fingerprint density at radius 1 is 1.30 bits per heavy atom. The standard InChI is InChI=1S/C17H25NO2/c1-3-18-15-12-17(9-5-6-10-17)20-16-11-13(19-4-2)7-8-14(15)16/h7-8,11,15,18H,3-6,9-10,12H2,1-2H3. The molecular weight excluding hydrogens is 250 g/mol. The van der Waals surface area contributed by atoms with Gasteiger partial charge in [-0.05, 0) is 45.2 Å². The van der Waals surface area contributed by atoms with Crippen LogP contribution in [0, 0.1) is 0 Å². The molecule has 0 aromatic heterocycles. The van der Waals surface area contributed by atoms with Crippen molar-refractivity contribution in [3.63, 3.8) is 0 Å². The van der Waals surface area contributed by atoms with Crippen LogP contribution in [0.4, 0.5) is 0 Å². The fourth-order valence-corrected chi connectivity index (χ4v) is 3.66. The van der Waals surface area contributed by atoms with Crippen LogP contribution in [-0.4, -0.2) is 18.8 Å². The molecule has 110 valence electrons. The van der Waals surface area contributed by atoms with E-state index in [9.17, 15) is 0 Å². The maximum absolute atomic E-state index is 6.42. The third-order valence-electron chi connectivity index (χ3n) is 4.54. The van der Waals surface area contributed by atoms with Crippen LogP contribution in [0.1, 0.15) is 57.6 Å². The highest BCUT2D eigenvalue weighted by molar-refractivity contribution is 5.44. The molecule has 0 radical (unpaired) electrons. The van der Waals surface area contributed by atoms with Crippen LogP contribution in [0.5, 0.6) is 11.5 Å². The topological polar surface area (TPSA) is 30.5 Å². The van der Waals surface area contributed by atoms with Crippen LogP contribution in [0.15, 0.2) is 18.2 Å².